The monoisotopic (exact) mass is 266 g/mol. The predicted octanol–water partition coefficient (Wildman–Crippen LogP) is 0.773. The molecular formula is C6H7IN2O2. The number of aromatic nitrogens is 2. The number of ether oxygens (including phenoxy) is 1. The van der Waals surface area contributed by atoms with Crippen LogP contribution in [0.25, 0.3) is 0 Å². The first-order valence-corrected chi connectivity index (χ1v) is 4.19. The highest BCUT2D eigenvalue weighted by Gasteiger charge is 1.97. The van der Waals surface area contributed by atoms with E-state index in [1.54, 1.807) is 0 Å². The van der Waals surface area contributed by atoms with Crippen molar-refractivity contribution in [2.24, 2.45) is 0 Å². The van der Waals surface area contributed by atoms with Gasteiger partial charge in [0.15, 0.2) is 0 Å². The molecule has 0 atom stereocenters. The summed E-state index contributed by atoms with van der Waals surface area (Å²) in [7, 11) is 0. The number of nitrogens with one attached hydrogen (secondary N) is 1. The number of hydrogen-bond acceptors (Lipinski definition) is 3. The summed E-state index contributed by atoms with van der Waals surface area (Å²) in [5, 5.41) is 0. The lowest BCUT2D eigenvalue weighted by atomic mass is 10.7. The Morgan fingerprint density at radius 1 is 1.82 bits per heavy atom. The van der Waals surface area contributed by atoms with E-state index in [0.717, 1.165) is 0 Å². The maximum absolute atomic E-state index is 10.9. The molecule has 0 saturated carbocycles. The summed E-state index contributed by atoms with van der Waals surface area (Å²) >= 11 is 1.91. The largest absolute Gasteiger partial charge is 0.465 e. The normalized spacial score (nSPS) is 9.64. The average Bonchev–Trinajstić information content (AvgIpc) is 1.98. The van der Waals surface area contributed by atoms with E-state index < -0.39 is 0 Å². The van der Waals surface area contributed by atoms with Crippen molar-refractivity contribution in [3.05, 3.63) is 20.1 Å². The van der Waals surface area contributed by atoms with Gasteiger partial charge in [-0.15, -0.1) is 0 Å². The Morgan fingerprint density at radius 2 is 2.55 bits per heavy atom. The van der Waals surface area contributed by atoms with Gasteiger partial charge in [0, 0.05) is 0 Å². The first kappa shape index (κ1) is 8.51. The van der Waals surface area contributed by atoms with Crippen LogP contribution in [0.1, 0.15) is 6.92 Å². The third kappa shape index (κ3) is 2.18. The summed E-state index contributed by atoms with van der Waals surface area (Å²) in [4.78, 5) is 17.3. The summed E-state index contributed by atoms with van der Waals surface area (Å²) < 4.78 is 5.53. The van der Waals surface area contributed by atoms with Crippen LogP contribution in [-0.4, -0.2) is 16.6 Å². The molecule has 1 N–H and O–H groups in total. The summed E-state index contributed by atoms with van der Waals surface area (Å²) in [5.41, 5.74) is -0.163. The first-order valence-electron chi connectivity index (χ1n) is 3.11. The van der Waals surface area contributed by atoms with Crippen molar-refractivity contribution in [1.82, 2.24) is 9.97 Å². The molecule has 0 spiro atoms. The van der Waals surface area contributed by atoms with Gasteiger partial charge in [-0.2, -0.15) is 0 Å². The Balaban J connectivity index is 2.96. The minimum Gasteiger partial charge on any atom is -0.465 e. The van der Waals surface area contributed by atoms with Crippen molar-refractivity contribution in [2.45, 2.75) is 6.92 Å². The third-order valence-corrected chi connectivity index (χ3v) is 1.78. The number of rotatable bonds is 2. The van der Waals surface area contributed by atoms with Crippen LogP contribution in [0.5, 0.6) is 6.01 Å². The maximum atomic E-state index is 10.9. The predicted molar refractivity (Wildman–Crippen MR) is 48.7 cm³/mol. The molecule has 0 radical (unpaired) electrons. The molecule has 0 bridgehead atoms. The zero-order chi connectivity index (χ0) is 8.27. The average molecular weight is 266 g/mol. The molecule has 0 aromatic carbocycles. The van der Waals surface area contributed by atoms with Gasteiger partial charge in [0.05, 0.1) is 16.4 Å². The van der Waals surface area contributed by atoms with Gasteiger partial charge in [0.1, 0.15) is 0 Å². The third-order valence-electron chi connectivity index (χ3n) is 1.01. The van der Waals surface area contributed by atoms with Crippen LogP contribution in [0.2, 0.25) is 0 Å². The highest BCUT2D eigenvalue weighted by molar-refractivity contribution is 14.1. The second kappa shape index (κ2) is 3.70. The van der Waals surface area contributed by atoms with Gasteiger partial charge < -0.3 is 4.74 Å². The maximum Gasteiger partial charge on any atom is 0.296 e. The Bertz CT molecular complexity index is 297. The van der Waals surface area contributed by atoms with Crippen LogP contribution in [0.3, 0.4) is 0 Å². The van der Waals surface area contributed by atoms with E-state index in [1.165, 1.54) is 6.20 Å². The molecule has 0 aliphatic heterocycles. The molecule has 0 saturated heterocycles. The van der Waals surface area contributed by atoms with Gasteiger partial charge in [0.2, 0.25) is 0 Å². The van der Waals surface area contributed by atoms with Crippen LogP contribution < -0.4 is 10.3 Å². The lowest BCUT2D eigenvalue weighted by Crippen LogP contribution is -2.12. The second-order valence-corrected chi connectivity index (χ2v) is 2.96. The lowest BCUT2D eigenvalue weighted by Gasteiger charge is -1.98. The Kier molecular flexibility index (Phi) is 2.86. The molecule has 1 aromatic rings. The Hall–Kier alpha value is -0.590. The zero-order valence-corrected chi connectivity index (χ0v) is 8.08. The zero-order valence-electron chi connectivity index (χ0n) is 5.93. The number of H-pyrrole nitrogens is 1. The standard InChI is InChI=1S/C6H7IN2O2/c1-2-11-6-8-3-4(7)5(10)9-6/h3H,2H2,1H3,(H,8,9,10). The van der Waals surface area contributed by atoms with E-state index in [2.05, 4.69) is 9.97 Å². The molecule has 1 aromatic heterocycles. The summed E-state index contributed by atoms with van der Waals surface area (Å²) in [6, 6.07) is 0.276. The summed E-state index contributed by atoms with van der Waals surface area (Å²) in [6.07, 6.45) is 1.48. The van der Waals surface area contributed by atoms with Crippen LogP contribution in [0.15, 0.2) is 11.0 Å². The van der Waals surface area contributed by atoms with E-state index in [4.69, 9.17) is 4.74 Å². The molecule has 0 fully saturated rings. The smallest absolute Gasteiger partial charge is 0.296 e. The van der Waals surface area contributed by atoms with Gasteiger partial charge in [0.25, 0.3) is 11.6 Å². The van der Waals surface area contributed by atoms with E-state index >= 15 is 0 Å². The molecule has 0 amide bonds. The molecule has 1 heterocycles. The van der Waals surface area contributed by atoms with E-state index in [1.807, 2.05) is 29.5 Å². The molecule has 0 unspecified atom stereocenters. The number of hydrogen-bond donors (Lipinski definition) is 1. The van der Waals surface area contributed by atoms with Crippen molar-refractivity contribution in [2.75, 3.05) is 6.61 Å². The second-order valence-electron chi connectivity index (χ2n) is 1.80. The fourth-order valence-electron chi connectivity index (χ4n) is 0.573. The molecular weight excluding hydrogens is 259 g/mol. The fraction of sp³-hybridized carbons (Fsp3) is 0.333. The van der Waals surface area contributed by atoms with E-state index in [-0.39, 0.29) is 11.6 Å². The molecule has 11 heavy (non-hydrogen) atoms. The summed E-state index contributed by atoms with van der Waals surface area (Å²) in [6.45, 7) is 2.33. The van der Waals surface area contributed by atoms with Gasteiger partial charge in [-0.25, -0.2) is 4.98 Å². The van der Waals surface area contributed by atoms with Crippen LogP contribution in [0.4, 0.5) is 0 Å². The first-order chi connectivity index (χ1) is 5.24. The summed E-state index contributed by atoms with van der Waals surface area (Å²) in [5.74, 6) is 0. The van der Waals surface area contributed by atoms with E-state index in [9.17, 15) is 4.79 Å². The van der Waals surface area contributed by atoms with Crippen molar-refractivity contribution in [1.29, 1.82) is 0 Å². The lowest BCUT2D eigenvalue weighted by molar-refractivity contribution is 0.311. The van der Waals surface area contributed by atoms with Crippen LogP contribution in [0, 0.1) is 3.57 Å². The van der Waals surface area contributed by atoms with Crippen molar-refractivity contribution in [3.8, 4) is 6.01 Å². The number of aromatic amines is 1. The van der Waals surface area contributed by atoms with Gasteiger partial charge in [-0.1, -0.05) is 0 Å². The minimum atomic E-state index is -0.163. The van der Waals surface area contributed by atoms with Gasteiger partial charge in [-0.05, 0) is 29.5 Å². The fourth-order valence-corrected chi connectivity index (χ4v) is 0.847. The Morgan fingerprint density at radius 3 is 3.09 bits per heavy atom. The van der Waals surface area contributed by atoms with Gasteiger partial charge >= 0.3 is 0 Å². The number of halogens is 1. The molecule has 4 nitrogen and oxygen atoms in total. The van der Waals surface area contributed by atoms with E-state index in [0.29, 0.717) is 10.2 Å². The topological polar surface area (TPSA) is 55.0 Å². The quantitative estimate of drug-likeness (QED) is 0.804. The highest BCUT2D eigenvalue weighted by atomic mass is 127. The molecule has 1 rings (SSSR count). The van der Waals surface area contributed by atoms with Crippen LogP contribution in [-0.2, 0) is 0 Å². The van der Waals surface area contributed by atoms with Gasteiger partial charge in [-0.3, -0.25) is 9.78 Å². The minimum absolute atomic E-state index is 0.163. The molecule has 5 heteroatoms. The highest BCUT2D eigenvalue weighted by Crippen LogP contribution is 1.99. The molecule has 0 aliphatic rings. The Labute approximate surface area is 77.1 Å². The van der Waals surface area contributed by atoms with Crippen LogP contribution >= 0.6 is 22.6 Å². The SMILES string of the molecule is CCOc1ncc(I)c(=O)[nH]1. The molecule has 60 valence electrons. The van der Waals surface area contributed by atoms with Crippen molar-refractivity contribution in [3.63, 3.8) is 0 Å². The van der Waals surface area contributed by atoms with Crippen molar-refractivity contribution < 1.29 is 4.74 Å². The molecule has 0 aliphatic carbocycles. The van der Waals surface area contributed by atoms with Crippen molar-refractivity contribution >= 4 is 22.6 Å². The number of nitrogens with zero attached hydrogens (tertiary/aromatic N) is 1.